The van der Waals surface area contributed by atoms with Crippen molar-refractivity contribution < 1.29 is 4.74 Å². The van der Waals surface area contributed by atoms with Gasteiger partial charge in [0.15, 0.2) is 5.82 Å². The summed E-state index contributed by atoms with van der Waals surface area (Å²) in [5.74, 6) is 1.33. The molecular formula is C17H23ClN4OS. The summed E-state index contributed by atoms with van der Waals surface area (Å²) in [7, 11) is 1.97. The van der Waals surface area contributed by atoms with E-state index in [4.69, 9.17) is 16.3 Å². The Labute approximate surface area is 152 Å². The zero-order valence-electron chi connectivity index (χ0n) is 14.9. The van der Waals surface area contributed by atoms with Gasteiger partial charge in [0.25, 0.3) is 5.19 Å². The Morgan fingerprint density at radius 1 is 1.38 bits per heavy atom. The van der Waals surface area contributed by atoms with Gasteiger partial charge in [0.05, 0.1) is 17.0 Å². The predicted octanol–water partition coefficient (Wildman–Crippen LogP) is 5.20. The highest BCUT2D eigenvalue weighted by Crippen LogP contribution is 2.36. The molecule has 0 aliphatic carbocycles. The quantitative estimate of drug-likeness (QED) is 0.539. The maximum atomic E-state index is 6.34. The van der Waals surface area contributed by atoms with Crippen LogP contribution in [-0.4, -0.2) is 34.2 Å². The zero-order valence-corrected chi connectivity index (χ0v) is 16.5. The molecular weight excluding hydrogens is 344 g/mol. The Kier molecular flexibility index (Phi) is 5.83. The van der Waals surface area contributed by atoms with Gasteiger partial charge in [-0.1, -0.05) is 32.4 Å². The summed E-state index contributed by atoms with van der Waals surface area (Å²) in [6, 6.07) is 3.68. The van der Waals surface area contributed by atoms with Gasteiger partial charge in [-0.15, -0.1) is 0 Å². The van der Waals surface area contributed by atoms with E-state index in [2.05, 4.69) is 42.0 Å². The van der Waals surface area contributed by atoms with E-state index in [-0.39, 0.29) is 5.41 Å². The van der Waals surface area contributed by atoms with Gasteiger partial charge in [0.2, 0.25) is 0 Å². The van der Waals surface area contributed by atoms with E-state index in [0.717, 1.165) is 23.6 Å². The molecule has 24 heavy (non-hydrogen) atoms. The number of aryl methyl sites for hydroxylation is 1. The Bertz CT molecular complexity index is 737. The van der Waals surface area contributed by atoms with Crippen molar-refractivity contribution in [2.24, 2.45) is 4.99 Å². The third-order valence-electron chi connectivity index (χ3n) is 3.42. The lowest BCUT2D eigenvalue weighted by molar-refractivity contribution is 0.468. The summed E-state index contributed by atoms with van der Waals surface area (Å²) >= 11 is 7.57. The van der Waals surface area contributed by atoms with Crippen LogP contribution in [0.4, 0.5) is 5.69 Å². The van der Waals surface area contributed by atoms with Crippen LogP contribution in [0.3, 0.4) is 0 Å². The molecule has 0 radical (unpaired) electrons. The number of ether oxygens (including phenoxy) is 1. The molecule has 0 spiro atoms. The van der Waals surface area contributed by atoms with E-state index < -0.39 is 0 Å². The van der Waals surface area contributed by atoms with Gasteiger partial charge in [-0.25, -0.2) is 4.99 Å². The number of hydrogen-bond donors (Lipinski definition) is 0. The SMILES string of the molecule is CCN(C)/C=N/c1cc(Cl)c(Oc2nc(C(C)(C)C)ns2)cc1C. The van der Waals surface area contributed by atoms with Gasteiger partial charge in [-0.3, -0.25) is 0 Å². The highest BCUT2D eigenvalue weighted by atomic mass is 35.5. The molecule has 1 heterocycles. The molecule has 0 amide bonds. The molecule has 0 bridgehead atoms. The van der Waals surface area contributed by atoms with Crippen molar-refractivity contribution in [2.45, 2.75) is 40.0 Å². The third-order valence-corrected chi connectivity index (χ3v) is 4.31. The Morgan fingerprint density at radius 3 is 2.67 bits per heavy atom. The first-order valence-corrected chi connectivity index (χ1v) is 8.92. The van der Waals surface area contributed by atoms with Crippen LogP contribution in [0.1, 0.15) is 39.1 Å². The second-order valence-corrected chi connectivity index (χ2v) is 7.74. The zero-order chi connectivity index (χ0) is 17.9. The molecule has 2 aromatic rings. The summed E-state index contributed by atoms with van der Waals surface area (Å²) in [5, 5.41) is 0.989. The lowest BCUT2D eigenvalue weighted by Gasteiger charge is -2.12. The summed E-state index contributed by atoms with van der Waals surface area (Å²) < 4.78 is 10.2. The van der Waals surface area contributed by atoms with Gasteiger partial charge < -0.3 is 9.64 Å². The molecule has 0 saturated heterocycles. The van der Waals surface area contributed by atoms with Crippen molar-refractivity contribution >= 4 is 35.2 Å². The smallest absolute Gasteiger partial charge is 0.298 e. The molecule has 0 fully saturated rings. The van der Waals surface area contributed by atoms with Gasteiger partial charge in [0, 0.05) is 30.5 Å². The van der Waals surface area contributed by atoms with Crippen LogP contribution in [0.5, 0.6) is 10.9 Å². The van der Waals surface area contributed by atoms with E-state index in [1.807, 2.05) is 24.9 Å². The van der Waals surface area contributed by atoms with E-state index in [1.165, 1.54) is 11.5 Å². The summed E-state index contributed by atoms with van der Waals surface area (Å²) in [4.78, 5) is 10.9. The van der Waals surface area contributed by atoms with Crippen LogP contribution in [0.15, 0.2) is 17.1 Å². The first-order valence-electron chi connectivity index (χ1n) is 7.77. The first kappa shape index (κ1) is 18.7. The van der Waals surface area contributed by atoms with Crippen molar-refractivity contribution in [1.29, 1.82) is 0 Å². The molecule has 7 heteroatoms. The monoisotopic (exact) mass is 366 g/mol. The first-order chi connectivity index (χ1) is 11.2. The van der Waals surface area contributed by atoms with Crippen molar-refractivity contribution in [3.8, 4) is 10.9 Å². The number of nitrogens with zero attached hydrogens (tertiary/aromatic N) is 4. The van der Waals surface area contributed by atoms with Crippen LogP contribution in [0.25, 0.3) is 0 Å². The fourth-order valence-corrected chi connectivity index (χ4v) is 2.68. The molecule has 0 aliphatic rings. The highest BCUT2D eigenvalue weighted by molar-refractivity contribution is 7.07. The average Bonchev–Trinajstić information content (AvgIpc) is 2.97. The number of rotatable bonds is 5. The Morgan fingerprint density at radius 2 is 2.08 bits per heavy atom. The molecule has 1 aromatic carbocycles. The average molecular weight is 367 g/mol. The molecule has 130 valence electrons. The van der Waals surface area contributed by atoms with Gasteiger partial charge in [0.1, 0.15) is 5.75 Å². The molecule has 2 rings (SSSR count). The summed E-state index contributed by atoms with van der Waals surface area (Å²) in [6.45, 7) is 11.1. The molecule has 0 aliphatic heterocycles. The topological polar surface area (TPSA) is 50.6 Å². The number of halogens is 1. The van der Waals surface area contributed by atoms with Crippen LogP contribution in [0, 0.1) is 6.92 Å². The normalized spacial score (nSPS) is 12.0. The predicted molar refractivity (Wildman–Crippen MR) is 101 cm³/mol. The fourth-order valence-electron chi connectivity index (χ4n) is 1.75. The van der Waals surface area contributed by atoms with Crippen LogP contribution < -0.4 is 4.74 Å². The maximum absolute atomic E-state index is 6.34. The largest absolute Gasteiger partial charge is 0.428 e. The number of aliphatic imine (C=N–C) groups is 1. The summed E-state index contributed by atoms with van der Waals surface area (Å²) in [6.07, 6.45) is 1.79. The minimum Gasteiger partial charge on any atom is -0.428 e. The molecule has 0 unspecified atom stereocenters. The molecule has 5 nitrogen and oxygen atoms in total. The molecule has 0 N–H and O–H groups in total. The minimum atomic E-state index is -0.109. The maximum Gasteiger partial charge on any atom is 0.298 e. The highest BCUT2D eigenvalue weighted by Gasteiger charge is 2.20. The van der Waals surface area contributed by atoms with E-state index in [9.17, 15) is 0 Å². The van der Waals surface area contributed by atoms with Crippen molar-refractivity contribution in [1.82, 2.24) is 14.3 Å². The van der Waals surface area contributed by atoms with E-state index in [1.54, 1.807) is 12.4 Å². The van der Waals surface area contributed by atoms with Gasteiger partial charge >= 0.3 is 0 Å². The second-order valence-electron chi connectivity index (χ2n) is 6.62. The van der Waals surface area contributed by atoms with Crippen LogP contribution in [0.2, 0.25) is 5.02 Å². The van der Waals surface area contributed by atoms with E-state index >= 15 is 0 Å². The minimum absolute atomic E-state index is 0.109. The van der Waals surface area contributed by atoms with Gasteiger partial charge in [-0.05, 0) is 31.5 Å². The standard InChI is InChI=1S/C17H23ClN4OS/c1-7-22(6)10-19-13-9-12(18)14(8-11(13)2)23-16-20-15(21-24-16)17(3,4)5/h8-10H,7H2,1-6H3/b19-10+. The third kappa shape index (κ3) is 4.68. The van der Waals surface area contributed by atoms with Gasteiger partial charge in [-0.2, -0.15) is 9.36 Å². The van der Waals surface area contributed by atoms with Crippen molar-refractivity contribution in [3.05, 3.63) is 28.5 Å². The van der Waals surface area contributed by atoms with Crippen LogP contribution >= 0.6 is 23.1 Å². The lowest BCUT2D eigenvalue weighted by Crippen LogP contribution is -2.14. The Balaban J connectivity index is 2.22. The second kappa shape index (κ2) is 7.49. The lowest BCUT2D eigenvalue weighted by atomic mass is 9.96. The summed E-state index contributed by atoms with van der Waals surface area (Å²) in [5.41, 5.74) is 1.69. The van der Waals surface area contributed by atoms with Crippen molar-refractivity contribution in [3.63, 3.8) is 0 Å². The molecule has 1 aromatic heterocycles. The molecule has 0 atom stereocenters. The fraction of sp³-hybridized carbons (Fsp3) is 0.471. The number of benzene rings is 1. The van der Waals surface area contributed by atoms with E-state index in [0.29, 0.717) is 16.0 Å². The van der Waals surface area contributed by atoms with Crippen LogP contribution in [-0.2, 0) is 5.41 Å². The Hall–Kier alpha value is -1.66. The number of hydrogen-bond acceptors (Lipinski definition) is 5. The number of aromatic nitrogens is 2. The molecule has 0 saturated carbocycles. The van der Waals surface area contributed by atoms with Crippen molar-refractivity contribution in [2.75, 3.05) is 13.6 Å².